The van der Waals surface area contributed by atoms with Crippen LogP contribution in [0.15, 0.2) is 54.6 Å². The van der Waals surface area contributed by atoms with Gasteiger partial charge in [-0.2, -0.15) is 0 Å². The smallest absolute Gasteiger partial charge is 0.115 e. The van der Waals surface area contributed by atoms with Crippen molar-refractivity contribution in [1.82, 2.24) is 4.90 Å². The topological polar surface area (TPSA) is 12.5 Å². The minimum absolute atomic E-state index is 0.0573. The maximum absolute atomic E-state index is 8.65. The highest BCUT2D eigenvalue weighted by Crippen LogP contribution is 2.34. The molecule has 0 N–H and O–H groups in total. The van der Waals surface area contributed by atoms with Crippen molar-refractivity contribution in [2.45, 2.75) is 37.7 Å². The maximum atomic E-state index is 8.65. The number of nitrogens with zero attached hydrogens (tertiary/aromatic N) is 1. The van der Waals surface area contributed by atoms with Crippen LogP contribution in [0.4, 0.5) is 0 Å². The van der Waals surface area contributed by atoms with E-state index in [2.05, 4.69) is 0 Å². The van der Waals surface area contributed by atoms with E-state index in [1.54, 1.807) is 18.2 Å². The second-order valence-electron chi connectivity index (χ2n) is 5.75. The van der Waals surface area contributed by atoms with Crippen LogP contribution in [0, 0.1) is 0 Å². The van der Waals surface area contributed by atoms with Crippen molar-refractivity contribution in [2.75, 3.05) is 20.1 Å². The Balaban J connectivity index is 2.18. The molecule has 0 amide bonds. The average molecular weight is 354 g/mol. The first-order chi connectivity index (χ1) is 15.5. The Kier molecular flexibility index (Phi) is 2.83. The Hall–Kier alpha value is -1.35. The zero-order valence-corrected chi connectivity index (χ0v) is 13.9. The van der Waals surface area contributed by atoms with Gasteiger partial charge in [-0.1, -0.05) is 54.1 Å². The second kappa shape index (κ2) is 7.69. The van der Waals surface area contributed by atoms with Crippen LogP contribution in [0.5, 0.6) is 0 Å². The molecule has 0 unspecified atom stereocenters. The summed E-state index contributed by atoms with van der Waals surface area (Å²) < 4.78 is 88.7. The van der Waals surface area contributed by atoms with Crippen LogP contribution in [0.3, 0.4) is 0 Å². The molecule has 2 atom stereocenters. The molecule has 3 rings (SSSR count). The average Bonchev–Trinajstić information content (AvgIpc) is 3.24. The molecule has 128 valence electrons. The van der Waals surface area contributed by atoms with Crippen LogP contribution in [-0.4, -0.2) is 31.0 Å². The van der Waals surface area contributed by atoms with Gasteiger partial charge in [0.1, 0.15) is 5.60 Å². The van der Waals surface area contributed by atoms with E-state index < -0.39 is 38.4 Å². The van der Waals surface area contributed by atoms with Crippen molar-refractivity contribution >= 4 is 11.6 Å². The summed E-state index contributed by atoms with van der Waals surface area (Å²) >= 11 is 6.00. The lowest BCUT2D eigenvalue weighted by molar-refractivity contribution is -0.0117. The molecule has 1 aliphatic rings. The number of hydrogen-bond acceptors (Lipinski definition) is 2. The zero-order chi connectivity index (χ0) is 25.6. The first-order valence-electron chi connectivity index (χ1n) is 12.8. The van der Waals surface area contributed by atoms with Gasteiger partial charge < -0.3 is 9.64 Å². The van der Waals surface area contributed by atoms with Gasteiger partial charge in [0.25, 0.3) is 0 Å². The highest BCUT2D eigenvalue weighted by atomic mass is 35.5. The van der Waals surface area contributed by atoms with Crippen LogP contribution < -0.4 is 0 Å². The Labute approximate surface area is 164 Å². The van der Waals surface area contributed by atoms with Crippen LogP contribution in [-0.2, 0) is 10.3 Å². The molecule has 24 heavy (non-hydrogen) atoms. The van der Waals surface area contributed by atoms with Gasteiger partial charge in [-0.3, -0.25) is 0 Å². The van der Waals surface area contributed by atoms with Gasteiger partial charge in [-0.25, -0.2) is 0 Å². The molecule has 0 saturated carbocycles. The van der Waals surface area contributed by atoms with Crippen LogP contribution >= 0.6 is 11.6 Å². The molecule has 2 aromatic carbocycles. The van der Waals surface area contributed by atoms with E-state index in [9.17, 15) is 0 Å². The Morgan fingerprint density at radius 3 is 2.67 bits per heavy atom. The maximum Gasteiger partial charge on any atom is 0.115 e. The largest absolute Gasteiger partial charge is 0.366 e. The SMILES string of the molecule is [2H]C([2H])([2H])N1CCC[C@@H]1C([2H])([2H])C([2H])([2H])O[C@](c1ccccc1)(c1ccc(Cl)cc1)C([2H])([2H])[2H]. The standard InChI is InChI=1S/C21H26ClNO/c1-21(17-7-4-3-5-8-17,18-10-12-19(22)13-11-18)24-16-14-20-9-6-15-23(20)2/h3-5,7-8,10-13,20H,6,9,14-16H2,1-2H3/t20-,21-/m1/s1/i1D3,2D3,14D2,16D2. The van der Waals surface area contributed by atoms with Gasteiger partial charge in [0.15, 0.2) is 0 Å². The first-order valence-corrected chi connectivity index (χ1v) is 8.20. The molecule has 2 aromatic rings. The number of halogens is 1. The van der Waals surface area contributed by atoms with E-state index >= 15 is 0 Å². The second-order valence-corrected chi connectivity index (χ2v) is 6.19. The summed E-state index contributed by atoms with van der Waals surface area (Å²) in [4.78, 5) is 0.940. The fourth-order valence-corrected chi connectivity index (χ4v) is 2.86. The molecule has 0 radical (unpaired) electrons. The summed E-state index contributed by atoms with van der Waals surface area (Å²) in [5.41, 5.74) is -2.25. The van der Waals surface area contributed by atoms with Gasteiger partial charge in [0.2, 0.25) is 0 Å². The third kappa shape index (κ3) is 3.83. The van der Waals surface area contributed by atoms with Gasteiger partial charge in [-0.05, 0) is 62.8 Å². The lowest BCUT2D eigenvalue weighted by Crippen LogP contribution is -2.31. The van der Waals surface area contributed by atoms with E-state index in [1.165, 1.54) is 36.4 Å². The molecular formula is C21H26ClNO. The van der Waals surface area contributed by atoms with Crippen LogP contribution in [0.2, 0.25) is 5.02 Å². The summed E-state index contributed by atoms with van der Waals surface area (Å²) in [5, 5.41) is 0.328. The molecule has 1 aliphatic heterocycles. The lowest BCUT2D eigenvalue weighted by atomic mass is 9.88. The monoisotopic (exact) mass is 353 g/mol. The summed E-state index contributed by atoms with van der Waals surface area (Å²) in [5.74, 6) is 0. The van der Waals surface area contributed by atoms with Crippen molar-refractivity contribution in [2.24, 2.45) is 0 Å². The summed E-state index contributed by atoms with van der Waals surface area (Å²) in [7, 11) is 0. The number of rotatable bonds is 6. The molecule has 2 nitrogen and oxygen atoms in total. The van der Waals surface area contributed by atoms with Crippen LogP contribution in [0.25, 0.3) is 0 Å². The first kappa shape index (κ1) is 8.84. The highest BCUT2D eigenvalue weighted by Gasteiger charge is 2.30. The molecule has 0 aliphatic carbocycles. The van der Waals surface area contributed by atoms with E-state index in [-0.39, 0.29) is 24.1 Å². The zero-order valence-electron chi connectivity index (χ0n) is 23.1. The van der Waals surface area contributed by atoms with E-state index in [0.29, 0.717) is 11.4 Å². The van der Waals surface area contributed by atoms with Crippen molar-refractivity contribution in [1.29, 1.82) is 0 Å². The molecule has 0 spiro atoms. The molecule has 1 saturated heterocycles. The minimum atomic E-state index is -3.20. The number of benzene rings is 2. The summed E-state index contributed by atoms with van der Waals surface area (Å²) in [6.45, 7) is -8.75. The van der Waals surface area contributed by atoms with Gasteiger partial charge in [-0.15, -0.1) is 0 Å². The van der Waals surface area contributed by atoms with E-state index in [0.717, 1.165) is 4.90 Å². The van der Waals surface area contributed by atoms with Gasteiger partial charge in [0.05, 0.1) is 2.74 Å². The van der Waals surface area contributed by atoms with Crippen molar-refractivity contribution in [3.05, 3.63) is 70.7 Å². The fraction of sp³-hybridized carbons (Fsp3) is 0.429. The fourth-order valence-electron chi connectivity index (χ4n) is 2.73. The van der Waals surface area contributed by atoms with E-state index in [4.69, 9.17) is 30.0 Å². The number of hydrogen-bond donors (Lipinski definition) is 0. The van der Waals surface area contributed by atoms with Crippen molar-refractivity contribution in [3.63, 3.8) is 0 Å². The lowest BCUT2D eigenvalue weighted by Gasteiger charge is -2.32. The van der Waals surface area contributed by atoms with Crippen molar-refractivity contribution < 1.29 is 18.4 Å². The predicted molar refractivity (Wildman–Crippen MR) is 101 cm³/mol. The third-order valence-corrected chi connectivity index (χ3v) is 4.37. The molecule has 3 heteroatoms. The number of likely N-dealkylation sites (tertiary alicyclic amines) is 1. The molecule has 1 fully saturated rings. The minimum Gasteiger partial charge on any atom is -0.366 e. The number of ether oxygens (including phenoxy) is 1. The predicted octanol–water partition coefficient (Wildman–Crippen LogP) is 5.10. The summed E-state index contributed by atoms with van der Waals surface area (Å²) in [6.07, 6.45) is -2.42. The molecule has 0 aromatic heterocycles. The van der Waals surface area contributed by atoms with E-state index in [1.807, 2.05) is 0 Å². The molecule has 1 heterocycles. The quantitative estimate of drug-likeness (QED) is 0.716. The Bertz CT molecular complexity index is 978. The van der Waals surface area contributed by atoms with Gasteiger partial charge >= 0.3 is 0 Å². The Morgan fingerprint density at radius 2 is 1.96 bits per heavy atom. The normalized spacial score (nSPS) is 29.3. The van der Waals surface area contributed by atoms with Gasteiger partial charge in [0, 0.05) is 28.6 Å². The molecular weight excluding hydrogens is 318 g/mol. The highest BCUT2D eigenvalue weighted by molar-refractivity contribution is 6.30. The Morgan fingerprint density at radius 1 is 1.21 bits per heavy atom. The summed E-state index contributed by atoms with van der Waals surface area (Å²) in [6, 6.07) is 12.1. The van der Waals surface area contributed by atoms with Crippen molar-refractivity contribution in [3.8, 4) is 0 Å². The van der Waals surface area contributed by atoms with Crippen LogP contribution in [0.1, 0.15) is 50.9 Å². The third-order valence-electron chi connectivity index (χ3n) is 4.11. The molecule has 0 bridgehead atoms.